The lowest BCUT2D eigenvalue weighted by atomic mass is 10.1. The summed E-state index contributed by atoms with van der Waals surface area (Å²) >= 11 is 5.64. The van der Waals surface area contributed by atoms with E-state index in [2.05, 4.69) is 4.74 Å². The molecule has 0 saturated carbocycles. The molecule has 0 aliphatic rings. The molecular weight excluding hydrogens is 245 g/mol. The van der Waals surface area contributed by atoms with E-state index in [4.69, 9.17) is 11.6 Å². The molecule has 0 N–H and O–H groups in total. The van der Waals surface area contributed by atoms with Crippen molar-refractivity contribution in [2.75, 3.05) is 0 Å². The lowest BCUT2D eigenvalue weighted by Gasteiger charge is -2.12. The van der Waals surface area contributed by atoms with Crippen LogP contribution in [0.4, 0.5) is 13.2 Å². The van der Waals surface area contributed by atoms with Crippen molar-refractivity contribution in [2.24, 2.45) is 0 Å². The minimum atomic E-state index is -4.83. The van der Waals surface area contributed by atoms with Crippen molar-refractivity contribution in [3.8, 4) is 5.75 Å². The van der Waals surface area contributed by atoms with E-state index in [1.165, 1.54) is 19.9 Å². The van der Waals surface area contributed by atoms with Crippen LogP contribution in [0.3, 0.4) is 0 Å². The number of carbonyl (C=O) groups excluding carboxylic acids is 1. The van der Waals surface area contributed by atoms with Crippen LogP contribution >= 0.6 is 11.6 Å². The van der Waals surface area contributed by atoms with Gasteiger partial charge in [0.25, 0.3) is 0 Å². The largest absolute Gasteiger partial charge is 0.573 e. The lowest BCUT2D eigenvalue weighted by molar-refractivity contribution is -0.274. The molecule has 0 saturated heterocycles. The number of ether oxygens (including phenoxy) is 1. The molecule has 88 valence electrons. The summed E-state index contributed by atoms with van der Waals surface area (Å²) in [6.45, 7) is 2.75. The number of benzene rings is 1. The maximum absolute atomic E-state index is 12.0. The molecule has 0 aliphatic heterocycles. The van der Waals surface area contributed by atoms with Crippen molar-refractivity contribution in [1.82, 2.24) is 0 Å². The molecule has 0 heterocycles. The van der Waals surface area contributed by atoms with Crippen LogP contribution in [-0.2, 0) is 0 Å². The van der Waals surface area contributed by atoms with E-state index in [1.807, 2.05) is 0 Å². The highest BCUT2D eigenvalue weighted by Gasteiger charge is 2.32. The van der Waals surface area contributed by atoms with Gasteiger partial charge in [0.05, 0.1) is 5.02 Å². The number of aryl methyl sites for hydroxylation is 1. The number of halogens is 4. The van der Waals surface area contributed by atoms with Gasteiger partial charge in [-0.25, -0.2) is 0 Å². The van der Waals surface area contributed by atoms with E-state index in [-0.39, 0.29) is 16.4 Å². The van der Waals surface area contributed by atoms with E-state index >= 15 is 0 Å². The standard InChI is InChI=1S/C10H8ClF3O2/c1-5-3-7(6(2)15)4-8(9(5)11)16-10(12,13)14/h3-4H,1-2H3. The van der Waals surface area contributed by atoms with Crippen LogP contribution in [0.5, 0.6) is 5.75 Å². The molecule has 0 atom stereocenters. The van der Waals surface area contributed by atoms with Gasteiger partial charge >= 0.3 is 6.36 Å². The van der Waals surface area contributed by atoms with Crippen molar-refractivity contribution >= 4 is 17.4 Å². The van der Waals surface area contributed by atoms with Crippen LogP contribution in [0, 0.1) is 6.92 Å². The van der Waals surface area contributed by atoms with Gasteiger partial charge in [-0.2, -0.15) is 0 Å². The maximum Gasteiger partial charge on any atom is 0.573 e. The van der Waals surface area contributed by atoms with E-state index in [1.54, 1.807) is 0 Å². The monoisotopic (exact) mass is 252 g/mol. The van der Waals surface area contributed by atoms with Gasteiger partial charge in [0.2, 0.25) is 0 Å². The Bertz CT molecular complexity index is 427. The number of hydrogen-bond acceptors (Lipinski definition) is 2. The Morgan fingerprint density at radius 1 is 1.38 bits per heavy atom. The van der Waals surface area contributed by atoms with Crippen molar-refractivity contribution in [2.45, 2.75) is 20.2 Å². The average molecular weight is 253 g/mol. The molecular formula is C10H8ClF3O2. The zero-order chi connectivity index (χ0) is 12.5. The molecule has 0 amide bonds. The second kappa shape index (κ2) is 4.33. The summed E-state index contributed by atoms with van der Waals surface area (Å²) in [5.41, 5.74) is 0.481. The molecule has 0 aliphatic carbocycles. The van der Waals surface area contributed by atoms with E-state index < -0.39 is 12.1 Å². The van der Waals surface area contributed by atoms with Gasteiger partial charge in [-0.1, -0.05) is 11.6 Å². The number of alkyl halides is 3. The van der Waals surface area contributed by atoms with Crippen LogP contribution in [0.1, 0.15) is 22.8 Å². The van der Waals surface area contributed by atoms with Crippen molar-refractivity contribution in [1.29, 1.82) is 0 Å². The second-order valence-corrected chi connectivity index (χ2v) is 3.59. The normalized spacial score (nSPS) is 11.4. The maximum atomic E-state index is 12.0. The Hall–Kier alpha value is -1.23. The highest BCUT2D eigenvalue weighted by Crippen LogP contribution is 2.33. The molecule has 0 bridgehead atoms. The van der Waals surface area contributed by atoms with Gasteiger partial charge in [0, 0.05) is 5.56 Å². The van der Waals surface area contributed by atoms with Crippen molar-refractivity contribution in [3.63, 3.8) is 0 Å². The third-order valence-corrected chi connectivity index (χ3v) is 2.34. The smallest absolute Gasteiger partial charge is 0.404 e. The van der Waals surface area contributed by atoms with Gasteiger partial charge in [-0.05, 0) is 31.5 Å². The zero-order valence-corrected chi connectivity index (χ0v) is 9.24. The predicted molar refractivity (Wildman–Crippen MR) is 52.9 cm³/mol. The van der Waals surface area contributed by atoms with Crippen LogP contribution in [0.25, 0.3) is 0 Å². The fourth-order valence-electron chi connectivity index (χ4n) is 1.14. The van der Waals surface area contributed by atoms with Crippen molar-refractivity contribution in [3.05, 3.63) is 28.3 Å². The highest BCUT2D eigenvalue weighted by atomic mass is 35.5. The molecule has 1 aromatic rings. The van der Waals surface area contributed by atoms with Gasteiger partial charge < -0.3 is 4.74 Å². The average Bonchev–Trinajstić information content (AvgIpc) is 2.10. The summed E-state index contributed by atoms with van der Waals surface area (Å²) in [7, 11) is 0. The Morgan fingerprint density at radius 2 is 1.94 bits per heavy atom. The molecule has 0 aromatic heterocycles. The van der Waals surface area contributed by atoms with Crippen LogP contribution < -0.4 is 4.74 Å². The number of carbonyl (C=O) groups is 1. The number of Topliss-reactive ketones (excluding diaryl/α,β-unsaturated/α-hetero) is 1. The summed E-state index contributed by atoms with van der Waals surface area (Å²) in [6.07, 6.45) is -4.83. The Kier molecular flexibility index (Phi) is 3.48. The minimum absolute atomic E-state index is 0.126. The number of ketones is 1. The SMILES string of the molecule is CC(=O)c1cc(C)c(Cl)c(OC(F)(F)F)c1. The Morgan fingerprint density at radius 3 is 2.38 bits per heavy atom. The Balaban J connectivity index is 3.22. The van der Waals surface area contributed by atoms with Crippen LogP contribution in [0.15, 0.2) is 12.1 Å². The van der Waals surface area contributed by atoms with Gasteiger partial charge in [0.15, 0.2) is 5.78 Å². The van der Waals surface area contributed by atoms with Gasteiger partial charge in [-0.3, -0.25) is 4.79 Å². The highest BCUT2D eigenvalue weighted by molar-refractivity contribution is 6.33. The molecule has 6 heteroatoms. The Labute approximate surface area is 95.0 Å². The number of hydrogen-bond donors (Lipinski definition) is 0. The molecule has 16 heavy (non-hydrogen) atoms. The molecule has 2 nitrogen and oxygen atoms in total. The zero-order valence-electron chi connectivity index (χ0n) is 8.48. The molecule has 1 rings (SSSR count). The molecule has 0 spiro atoms. The summed E-state index contributed by atoms with van der Waals surface area (Å²) in [4.78, 5) is 11.0. The first kappa shape index (κ1) is 12.8. The first-order valence-electron chi connectivity index (χ1n) is 4.27. The van der Waals surface area contributed by atoms with Crippen LogP contribution in [-0.4, -0.2) is 12.1 Å². The van der Waals surface area contributed by atoms with Crippen molar-refractivity contribution < 1.29 is 22.7 Å². The molecule has 0 fully saturated rings. The van der Waals surface area contributed by atoms with E-state index in [0.717, 1.165) is 6.07 Å². The summed E-state index contributed by atoms with van der Waals surface area (Å²) < 4.78 is 39.8. The predicted octanol–water partition coefficient (Wildman–Crippen LogP) is 3.75. The lowest BCUT2D eigenvalue weighted by Crippen LogP contribution is -2.17. The van der Waals surface area contributed by atoms with E-state index in [0.29, 0.717) is 5.56 Å². The van der Waals surface area contributed by atoms with Gasteiger partial charge in [0.1, 0.15) is 5.75 Å². The fraction of sp³-hybridized carbons (Fsp3) is 0.300. The summed E-state index contributed by atoms with van der Waals surface area (Å²) in [5, 5.41) is -0.151. The third kappa shape index (κ3) is 3.13. The molecule has 0 radical (unpaired) electrons. The molecule has 0 unspecified atom stereocenters. The summed E-state index contributed by atoms with van der Waals surface area (Å²) in [6, 6.07) is 2.39. The first-order valence-corrected chi connectivity index (χ1v) is 4.65. The second-order valence-electron chi connectivity index (χ2n) is 3.21. The molecule has 1 aromatic carbocycles. The topological polar surface area (TPSA) is 26.3 Å². The summed E-state index contributed by atoms with van der Waals surface area (Å²) in [5.74, 6) is -0.911. The third-order valence-electron chi connectivity index (χ3n) is 1.85. The minimum Gasteiger partial charge on any atom is -0.404 e. The quantitative estimate of drug-likeness (QED) is 0.750. The van der Waals surface area contributed by atoms with E-state index in [9.17, 15) is 18.0 Å². The fourth-order valence-corrected chi connectivity index (χ4v) is 1.29. The first-order chi connectivity index (χ1) is 7.20. The number of rotatable bonds is 2. The van der Waals surface area contributed by atoms with Crippen LogP contribution in [0.2, 0.25) is 5.02 Å². The van der Waals surface area contributed by atoms with Gasteiger partial charge in [-0.15, -0.1) is 13.2 Å².